The fraction of sp³-hybridized carbons (Fsp3) is 0.583. The average Bonchev–Trinajstić information content (AvgIpc) is 3.76. The van der Waals surface area contributed by atoms with Gasteiger partial charge in [0, 0.05) is 32.5 Å². The van der Waals surface area contributed by atoms with Gasteiger partial charge >= 0.3 is 5.97 Å². The molecule has 0 bridgehead atoms. The van der Waals surface area contributed by atoms with Crippen LogP contribution in [0.1, 0.15) is 64.9 Å². The Bertz CT molecular complexity index is 1590. The van der Waals surface area contributed by atoms with Crippen LogP contribution >= 0.6 is 0 Å². The predicted molar refractivity (Wildman–Crippen MR) is 183 cm³/mol. The number of benzene rings is 1. The molecule has 3 aliphatic rings. The minimum Gasteiger partial charge on any atom is -0.461 e. The molecule has 0 aliphatic carbocycles. The number of carbonyl (C=O) groups excluding carboxylic acids is 7. The van der Waals surface area contributed by atoms with E-state index >= 15 is 0 Å². The summed E-state index contributed by atoms with van der Waals surface area (Å²) >= 11 is 0. The Balaban J connectivity index is 1.68. The number of fused-ring (bicyclic) bond motifs is 2. The van der Waals surface area contributed by atoms with Gasteiger partial charge in [-0.3, -0.25) is 28.8 Å². The molecular formula is C36H47F3N6O8. The van der Waals surface area contributed by atoms with Crippen molar-refractivity contribution in [2.75, 3.05) is 26.7 Å². The second kappa shape index (κ2) is 18.2. The zero-order chi connectivity index (χ0) is 39.0. The molecule has 0 aromatic heterocycles. The Morgan fingerprint density at radius 3 is 2.40 bits per heavy atom. The van der Waals surface area contributed by atoms with Crippen molar-refractivity contribution < 1.29 is 51.5 Å². The second-order valence-corrected chi connectivity index (χ2v) is 13.7. The molecule has 290 valence electrons. The lowest BCUT2D eigenvalue weighted by Gasteiger charge is -2.34. The van der Waals surface area contributed by atoms with Gasteiger partial charge in [0.05, 0.1) is 6.54 Å². The van der Waals surface area contributed by atoms with Crippen molar-refractivity contribution in [1.29, 1.82) is 0 Å². The molecule has 17 heteroatoms. The third-order valence-corrected chi connectivity index (χ3v) is 9.66. The third-order valence-electron chi connectivity index (χ3n) is 9.66. The fourth-order valence-corrected chi connectivity index (χ4v) is 6.60. The standard InChI is InChI=1S/C36H47F3N6O8/c1-5-6-7-8-11-30(46)41-26(15-22-13-23(37)16-24(38)14-22)32(48)42-27-19-53-36(52)29-17-25(39)18-45(29)33(49)20(2)40-31(47)21(3)43(4)35(51)28-10-9-12-44(28)34(27)50/h8,11,13-14,16,20-21,25-29H,5-7,9-10,12,15,17-19H2,1-4H3,(H,40,47)(H,41,46)(H,42,48)/t20-,21-,25-,26-,27-,28-,29-/m0/s1. The summed E-state index contributed by atoms with van der Waals surface area (Å²) in [6.45, 7) is 3.57. The lowest BCUT2D eigenvalue weighted by Crippen LogP contribution is -2.60. The number of hydrogen-bond acceptors (Lipinski definition) is 8. The van der Waals surface area contributed by atoms with Gasteiger partial charge in [-0.2, -0.15) is 0 Å². The lowest BCUT2D eigenvalue weighted by atomic mass is 10.0. The molecule has 53 heavy (non-hydrogen) atoms. The molecule has 3 saturated heterocycles. The predicted octanol–water partition coefficient (Wildman–Crippen LogP) is 1.06. The zero-order valence-electron chi connectivity index (χ0n) is 30.2. The van der Waals surface area contributed by atoms with E-state index in [9.17, 15) is 46.7 Å². The van der Waals surface area contributed by atoms with Crippen LogP contribution in [-0.4, -0.2) is 125 Å². The quantitative estimate of drug-likeness (QED) is 0.191. The van der Waals surface area contributed by atoms with Gasteiger partial charge in [0.25, 0.3) is 0 Å². The van der Waals surface area contributed by atoms with Crippen LogP contribution in [0.2, 0.25) is 0 Å². The first kappa shape index (κ1) is 40.8. The lowest BCUT2D eigenvalue weighted by molar-refractivity contribution is -0.158. The zero-order valence-corrected chi connectivity index (χ0v) is 30.2. The Morgan fingerprint density at radius 1 is 1.02 bits per heavy atom. The van der Waals surface area contributed by atoms with Crippen molar-refractivity contribution in [3.05, 3.63) is 47.5 Å². The number of alkyl halides is 1. The van der Waals surface area contributed by atoms with Crippen LogP contribution in [0.15, 0.2) is 30.4 Å². The molecule has 0 radical (unpaired) electrons. The van der Waals surface area contributed by atoms with E-state index < -0.39 is 121 Å². The van der Waals surface area contributed by atoms with Crippen LogP contribution in [0.4, 0.5) is 13.2 Å². The molecule has 14 nitrogen and oxygen atoms in total. The molecule has 0 unspecified atom stereocenters. The number of carbonyl (C=O) groups is 7. The van der Waals surface area contributed by atoms with E-state index in [0.29, 0.717) is 18.9 Å². The number of likely N-dealkylation sites (N-methyl/N-ethyl adjacent to an activating group) is 1. The molecule has 1 aromatic carbocycles. The summed E-state index contributed by atoms with van der Waals surface area (Å²) in [7, 11) is 1.37. The second-order valence-electron chi connectivity index (χ2n) is 13.7. The molecule has 1 aromatic rings. The van der Waals surface area contributed by atoms with Gasteiger partial charge in [0.15, 0.2) is 0 Å². The summed E-state index contributed by atoms with van der Waals surface area (Å²) in [5.74, 6) is -7.49. The molecule has 0 saturated carbocycles. The number of halogens is 3. The number of rotatable bonds is 9. The molecule has 3 N–H and O–H groups in total. The highest BCUT2D eigenvalue weighted by atomic mass is 19.1. The average molecular weight is 749 g/mol. The van der Waals surface area contributed by atoms with Gasteiger partial charge in [-0.1, -0.05) is 25.8 Å². The number of allylic oxidation sites excluding steroid dienone is 1. The summed E-state index contributed by atoms with van der Waals surface area (Å²) in [5, 5.41) is 7.50. The number of amides is 6. The number of cyclic esters (lactones) is 1. The maximum atomic E-state index is 14.7. The Morgan fingerprint density at radius 2 is 1.72 bits per heavy atom. The monoisotopic (exact) mass is 748 g/mol. The van der Waals surface area contributed by atoms with Gasteiger partial charge in [-0.05, 0) is 56.9 Å². The van der Waals surface area contributed by atoms with Crippen LogP contribution < -0.4 is 16.0 Å². The normalized spacial score (nSPS) is 26.6. The highest BCUT2D eigenvalue weighted by Crippen LogP contribution is 2.25. The van der Waals surface area contributed by atoms with Crippen molar-refractivity contribution >= 4 is 41.4 Å². The van der Waals surface area contributed by atoms with Crippen molar-refractivity contribution in [2.24, 2.45) is 0 Å². The minimum absolute atomic E-state index is 0.0149. The molecule has 6 amide bonds. The molecule has 3 aliphatic heterocycles. The summed E-state index contributed by atoms with van der Waals surface area (Å²) in [5.41, 5.74) is 0.0149. The highest BCUT2D eigenvalue weighted by molar-refractivity contribution is 5.98. The number of ether oxygens (including phenoxy) is 1. The van der Waals surface area contributed by atoms with Gasteiger partial charge < -0.3 is 35.4 Å². The summed E-state index contributed by atoms with van der Waals surface area (Å²) in [4.78, 5) is 97.7. The molecule has 3 heterocycles. The third kappa shape index (κ3) is 10.3. The molecule has 4 rings (SSSR count). The highest BCUT2D eigenvalue weighted by Gasteiger charge is 2.45. The number of esters is 1. The first-order valence-electron chi connectivity index (χ1n) is 17.8. The van der Waals surface area contributed by atoms with Gasteiger partial charge in [0.2, 0.25) is 35.4 Å². The first-order chi connectivity index (χ1) is 25.1. The maximum Gasteiger partial charge on any atom is 0.329 e. The van der Waals surface area contributed by atoms with E-state index in [4.69, 9.17) is 4.74 Å². The van der Waals surface area contributed by atoms with Crippen LogP contribution in [0.5, 0.6) is 0 Å². The molecule has 7 atom stereocenters. The Kier molecular flexibility index (Phi) is 14.0. The first-order valence-corrected chi connectivity index (χ1v) is 17.8. The topological polar surface area (TPSA) is 175 Å². The van der Waals surface area contributed by atoms with Crippen LogP contribution in [0.25, 0.3) is 0 Å². The summed E-state index contributed by atoms with van der Waals surface area (Å²) in [6, 6.07) is -5.31. The SMILES string of the molecule is CCCCC=CC(=O)N[C@@H](Cc1cc(F)cc(F)c1)C(=O)N[C@H]1COC(=O)[C@@H]2C[C@H](F)CN2C(=O)[C@H](C)NC(=O)[C@H](C)N(C)C(=O)[C@@H]2CCCN2C1=O. The Labute approximate surface area is 305 Å². The van der Waals surface area contributed by atoms with E-state index in [1.165, 1.54) is 31.9 Å². The van der Waals surface area contributed by atoms with Crippen LogP contribution in [-0.2, 0) is 44.7 Å². The van der Waals surface area contributed by atoms with Crippen molar-refractivity contribution in [3.63, 3.8) is 0 Å². The van der Waals surface area contributed by atoms with E-state index in [0.717, 1.165) is 34.8 Å². The van der Waals surface area contributed by atoms with Gasteiger partial charge in [-0.15, -0.1) is 0 Å². The van der Waals surface area contributed by atoms with E-state index in [-0.39, 0.29) is 18.5 Å². The number of hydrogen-bond donors (Lipinski definition) is 3. The number of unbranched alkanes of at least 4 members (excludes halogenated alkanes) is 2. The van der Waals surface area contributed by atoms with Crippen LogP contribution in [0, 0.1) is 11.6 Å². The van der Waals surface area contributed by atoms with Crippen LogP contribution in [0.3, 0.4) is 0 Å². The van der Waals surface area contributed by atoms with Crippen molar-refractivity contribution in [2.45, 2.75) is 108 Å². The number of nitrogens with zero attached hydrogens (tertiary/aromatic N) is 3. The largest absolute Gasteiger partial charge is 0.461 e. The smallest absolute Gasteiger partial charge is 0.329 e. The minimum atomic E-state index is -1.66. The van der Waals surface area contributed by atoms with E-state index in [2.05, 4.69) is 16.0 Å². The summed E-state index contributed by atoms with van der Waals surface area (Å²) < 4.78 is 48.3. The van der Waals surface area contributed by atoms with Crippen molar-refractivity contribution in [1.82, 2.24) is 30.7 Å². The van der Waals surface area contributed by atoms with E-state index in [1.54, 1.807) is 6.08 Å². The van der Waals surface area contributed by atoms with E-state index in [1.807, 2.05) is 6.92 Å². The molecule has 3 fully saturated rings. The molecular weight excluding hydrogens is 701 g/mol. The molecule has 0 spiro atoms. The Hall–Kier alpha value is -4.96. The van der Waals surface area contributed by atoms with Gasteiger partial charge in [-0.25, -0.2) is 18.0 Å². The maximum absolute atomic E-state index is 14.7. The fourth-order valence-electron chi connectivity index (χ4n) is 6.60. The summed E-state index contributed by atoms with van der Waals surface area (Å²) in [6.07, 6.45) is 3.25. The van der Waals surface area contributed by atoms with Crippen molar-refractivity contribution in [3.8, 4) is 0 Å². The van der Waals surface area contributed by atoms with Gasteiger partial charge in [0.1, 0.15) is 60.7 Å². The number of nitrogens with one attached hydrogen (secondary N) is 3.